The van der Waals surface area contributed by atoms with Gasteiger partial charge in [-0.1, -0.05) is 35.4 Å². The fourth-order valence-electron chi connectivity index (χ4n) is 12.9. The Morgan fingerprint density at radius 1 is 0.261 bits per heavy atom. The molecule has 18 rings (SSSR count). The summed E-state index contributed by atoms with van der Waals surface area (Å²) in [5, 5.41) is 2.46. The number of thiophene rings is 10. The van der Waals surface area contributed by atoms with Crippen molar-refractivity contribution in [1.29, 1.82) is 0 Å². The molecule has 4 aliphatic carbocycles. The lowest BCUT2D eigenvalue weighted by Crippen LogP contribution is -2.16. The predicted octanol–water partition coefficient (Wildman–Crippen LogP) is 26.9. The highest BCUT2D eigenvalue weighted by Gasteiger charge is 2.56. The van der Waals surface area contributed by atoms with Crippen molar-refractivity contribution in [3.63, 3.8) is 0 Å². The van der Waals surface area contributed by atoms with E-state index in [1.807, 2.05) is 72.1 Å². The molecule has 0 saturated carbocycles. The van der Waals surface area contributed by atoms with Crippen LogP contribution < -0.4 is 0 Å². The minimum atomic E-state index is -3.22. The lowest BCUT2D eigenvalue weighted by Gasteiger charge is -2.22. The molecule has 444 valence electrons. The molecule has 4 aromatic carbocycles. The van der Waals surface area contributed by atoms with Gasteiger partial charge in [0.1, 0.15) is 0 Å². The average molecular weight is 1360 g/mol. The van der Waals surface area contributed by atoms with E-state index in [1.165, 1.54) is 114 Å². The maximum absolute atomic E-state index is 16.0. The molecular formula is C70H48F8S10. The number of benzene rings is 4. The van der Waals surface area contributed by atoms with E-state index in [-0.39, 0.29) is 66.8 Å². The Hall–Kier alpha value is -5.64. The minimum absolute atomic E-state index is 0.0516. The summed E-state index contributed by atoms with van der Waals surface area (Å²) in [5.41, 5.74) is 3.30. The molecule has 0 atom stereocenters. The van der Waals surface area contributed by atoms with E-state index in [2.05, 4.69) is 76.2 Å². The molecule has 0 nitrogen and oxygen atoms in total. The predicted molar refractivity (Wildman–Crippen MR) is 367 cm³/mol. The summed E-state index contributed by atoms with van der Waals surface area (Å²) >= 11 is 15.5. The first-order valence-corrected chi connectivity index (χ1v) is 36.2. The Labute approximate surface area is 542 Å². The third kappa shape index (κ3) is 9.06. The van der Waals surface area contributed by atoms with Crippen LogP contribution in [0.4, 0.5) is 35.1 Å². The normalized spacial score (nSPS) is 15.3. The molecule has 4 aliphatic rings. The highest BCUT2D eigenvalue weighted by Crippen LogP contribution is 2.66. The number of alkyl halides is 8. The van der Waals surface area contributed by atoms with E-state index in [0.717, 1.165) is 54.3 Å². The summed E-state index contributed by atoms with van der Waals surface area (Å²) in [7, 11) is 0. The van der Waals surface area contributed by atoms with Gasteiger partial charge in [-0.25, -0.2) is 0 Å². The van der Waals surface area contributed by atoms with Crippen molar-refractivity contribution in [3.05, 3.63) is 205 Å². The first-order chi connectivity index (χ1) is 41.6. The van der Waals surface area contributed by atoms with Gasteiger partial charge >= 0.3 is 23.7 Å². The van der Waals surface area contributed by atoms with E-state index < -0.39 is 23.7 Å². The van der Waals surface area contributed by atoms with Crippen molar-refractivity contribution in [1.82, 2.24) is 0 Å². The topological polar surface area (TPSA) is 0 Å². The second-order valence-electron chi connectivity index (χ2n) is 23.1. The Balaban J connectivity index is 0.000000111. The van der Waals surface area contributed by atoms with Crippen molar-refractivity contribution >= 4 is 152 Å². The Morgan fingerprint density at radius 3 is 1.12 bits per heavy atom. The van der Waals surface area contributed by atoms with Crippen LogP contribution in [0.3, 0.4) is 0 Å². The van der Waals surface area contributed by atoms with Crippen LogP contribution >= 0.6 is 113 Å². The Kier molecular flexibility index (Phi) is 13.6. The first-order valence-electron chi connectivity index (χ1n) is 28.0. The van der Waals surface area contributed by atoms with Gasteiger partial charge in [-0.15, -0.1) is 113 Å². The van der Waals surface area contributed by atoms with Crippen molar-refractivity contribution in [2.24, 2.45) is 0 Å². The van der Waals surface area contributed by atoms with E-state index in [4.69, 9.17) is 0 Å². The summed E-state index contributed by atoms with van der Waals surface area (Å²) < 4.78 is 132. The number of aryl methyl sites for hydroxylation is 8. The number of halogens is 8. The Bertz CT molecular complexity index is 5160. The van der Waals surface area contributed by atoms with Crippen molar-refractivity contribution in [2.75, 3.05) is 0 Å². The van der Waals surface area contributed by atoms with Crippen molar-refractivity contribution in [2.45, 2.75) is 92.9 Å². The zero-order valence-corrected chi connectivity index (χ0v) is 56.7. The van der Waals surface area contributed by atoms with Gasteiger partial charge in [0, 0.05) is 163 Å². The molecule has 18 heteroatoms. The zero-order chi connectivity index (χ0) is 61.7. The first kappa shape index (κ1) is 58.7. The highest BCUT2D eigenvalue weighted by molar-refractivity contribution is 7.32. The van der Waals surface area contributed by atoms with Gasteiger partial charge in [-0.2, -0.15) is 35.1 Å². The van der Waals surface area contributed by atoms with Crippen LogP contribution in [0.1, 0.15) is 96.0 Å². The second kappa shape index (κ2) is 20.4. The van der Waals surface area contributed by atoms with Crippen LogP contribution in [0.15, 0.2) is 109 Å². The van der Waals surface area contributed by atoms with Gasteiger partial charge in [0.2, 0.25) is 0 Å². The van der Waals surface area contributed by atoms with Gasteiger partial charge in [-0.3, -0.25) is 0 Å². The molecule has 0 radical (unpaired) electrons. The van der Waals surface area contributed by atoms with Crippen LogP contribution in [0.25, 0.3) is 100 Å². The van der Waals surface area contributed by atoms with Gasteiger partial charge in [0.05, 0.1) is 0 Å². The highest BCUT2D eigenvalue weighted by atomic mass is 32.1. The molecule has 0 N–H and O–H groups in total. The fourth-order valence-corrected chi connectivity index (χ4v) is 24.3. The van der Waals surface area contributed by atoms with Crippen LogP contribution in [0, 0.1) is 69.2 Å². The monoisotopic (exact) mass is 1360 g/mol. The second-order valence-corrected chi connectivity index (χ2v) is 35.0. The lowest BCUT2D eigenvalue weighted by atomic mass is 9.88. The maximum Gasteiger partial charge on any atom is 0.300 e. The van der Waals surface area contributed by atoms with E-state index in [1.54, 1.807) is 73.8 Å². The molecule has 14 aromatic rings. The van der Waals surface area contributed by atoms with Gasteiger partial charge in [0.15, 0.2) is 0 Å². The molecule has 10 heterocycles. The summed E-state index contributed by atoms with van der Waals surface area (Å²) in [4.78, 5) is 12.0. The molecule has 10 aromatic heterocycles. The summed E-state index contributed by atoms with van der Waals surface area (Å²) in [6.07, 6.45) is 0. The summed E-state index contributed by atoms with van der Waals surface area (Å²) in [5.74, 6) is -12.8. The van der Waals surface area contributed by atoms with Gasteiger partial charge < -0.3 is 0 Å². The molecule has 0 amide bonds. The van der Waals surface area contributed by atoms with Crippen molar-refractivity contribution in [3.8, 4) is 61.3 Å². The third-order valence-electron chi connectivity index (χ3n) is 16.7. The van der Waals surface area contributed by atoms with E-state index >= 15 is 35.1 Å². The van der Waals surface area contributed by atoms with Crippen LogP contribution in [0.5, 0.6) is 0 Å². The summed E-state index contributed by atoms with van der Waals surface area (Å²) in [6.45, 7) is 19.4. The van der Waals surface area contributed by atoms with Gasteiger partial charge in [-0.05, 0) is 176 Å². The molecule has 0 fully saturated rings. The molecule has 0 unspecified atom stereocenters. The SMILES string of the molecule is Cc1cc2c(s1)-c1c(C)c3c(c(C)c1C2(F)F)-c1sc(-c2cc4sc(C)cc4s2)cc1C3(F)F.Cc1cc2sc(C)cc2s1.Cc1ccc2sc(-c3cc4c(s3)-c3cc5c(cc3C4(F)F)-c3sc(C)cc3C5(F)F)cc2c1.Cc1ccc2sc(C)cc2c1. The largest absolute Gasteiger partial charge is 0.300 e. The Morgan fingerprint density at radius 2 is 0.602 bits per heavy atom. The smallest absolute Gasteiger partial charge is 0.196 e. The molecular weight excluding hydrogens is 1310 g/mol. The molecule has 88 heavy (non-hydrogen) atoms. The third-order valence-corrected chi connectivity index (χ3v) is 28.0. The lowest BCUT2D eigenvalue weighted by molar-refractivity contribution is 0.0443. The zero-order valence-electron chi connectivity index (χ0n) is 48.5. The quantitative estimate of drug-likeness (QED) is 0.151. The van der Waals surface area contributed by atoms with Crippen LogP contribution in [-0.4, -0.2) is 0 Å². The van der Waals surface area contributed by atoms with Gasteiger partial charge in [0.25, 0.3) is 0 Å². The fraction of sp³-hybridized carbons (Fsp3) is 0.200. The number of rotatable bonds is 2. The maximum atomic E-state index is 16.0. The molecule has 0 bridgehead atoms. The van der Waals surface area contributed by atoms with E-state index in [9.17, 15) is 0 Å². The minimum Gasteiger partial charge on any atom is -0.196 e. The molecule has 0 saturated heterocycles. The van der Waals surface area contributed by atoms with Crippen LogP contribution in [0.2, 0.25) is 0 Å². The molecule has 0 spiro atoms. The number of hydrogen-bond donors (Lipinski definition) is 0. The van der Waals surface area contributed by atoms with Crippen LogP contribution in [-0.2, 0) is 23.7 Å². The number of hydrogen-bond acceptors (Lipinski definition) is 10. The molecule has 0 aliphatic heterocycles. The van der Waals surface area contributed by atoms with Crippen molar-refractivity contribution < 1.29 is 35.1 Å². The number of fused-ring (bicyclic) bond motifs is 16. The van der Waals surface area contributed by atoms with E-state index in [0.29, 0.717) is 30.6 Å². The average Bonchev–Trinajstić information content (AvgIpc) is 1.53. The summed E-state index contributed by atoms with van der Waals surface area (Å²) in [6, 6.07) is 34.4. The standard InChI is InChI=1S/C26H16F4S4.C26H14F4S3.C10H10S.C8H8S2/c1-9-5-13-23(32-9)19-11(3)22-20(12(4)21(19)25(13,27)28)24-14(26(22,29)30)7-16(34-24)18-8-17-15(33-18)6-10(2)31-17;1-11-3-4-20-13(5-11)7-21(32-20)22-10-19-24(33-22)15-9-16-14(8-17(15)26(19,29)30)23-18(25(16,27)28)6-12(2)31-23;1-7-3-4-10-9(5-7)6-8(2)11-10;1-5-3-7-8(9-5)4-6(2)10-7/h5-8H,1-4H3;3-10H,1-2H3;3-6H,1-2H3;3-4H,1-2H3.